The van der Waals surface area contributed by atoms with Gasteiger partial charge in [-0.05, 0) is 31.6 Å². The van der Waals surface area contributed by atoms with E-state index in [4.69, 9.17) is 10.2 Å². The number of hydrogen-bond acceptors (Lipinski definition) is 4. The van der Waals surface area contributed by atoms with Crippen molar-refractivity contribution in [3.63, 3.8) is 0 Å². The SMILES string of the molecule is OCCCCCCNCCSCCCO. The van der Waals surface area contributed by atoms with Gasteiger partial charge in [0.05, 0.1) is 0 Å². The van der Waals surface area contributed by atoms with Crippen LogP contribution in [0.15, 0.2) is 0 Å². The maximum absolute atomic E-state index is 8.57. The number of thioether (sulfide) groups is 1. The largest absolute Gasteiger partial charge is 0.396 e. The summed E-state index contributed by atoms with van der Waals surface area (Å²) in [6.45, 7) is 2.79. The summed E-state index contributed by atoms with van der Waals surface area (Å²) in [5, 5.41) is 20.5. The Balaban J connectivity index is 2.81. The lowest BCUT2D eigenvalue weighted by Crippen LogP contribution is -2.18. The molecule has 0 fully saturated rings. The van der Waals surface area contributed by atoms with E-state index in [9.17, 15) is 0 Å². The molecule has 0 bridgehead atoms. The second-order valence-corrected chi connectivity index (χ2v) is 4.80. The van der Waals surface area contributed by atoms with Gasteiger partial charge in [0.25, 0.3) is 0 Å². The Bertz CT molecular complexity index is 103. The lowest BCUT2D eigenvalue weighted by Gasteiger charge is -2.04. The topological polar surface area (TPSA) is 52.5 Å². The summed E-state index contributed by atoms with van der Waals surface area (Å²) in [6, 6.07) is 0. The Hall–Kier alpha value is 0.230. The summed E-state index contributed by atoms with van der Waals surface area (Å²) in [4.78, 5) is 0. The highest BCUT2D eigenvalue weighted by Gasteiger charge is 1.91. The second-order valence-electron chi connectivity index (χ2n) is 3.58. The summed E-state index contributed by atoms with van der Waals surface area (Å²) in [7, 11) is 0. The van der Waals surface area contributed by atoms with Crippen LogP contribution in [-0.2, 0) is 0 Å². The molecule has 0 aliphatic rings. The Labute approximate surface area is 97.7 Å². The van der Waals surface area contributed by atoms with E-state index in [1.807, 2.05) is 11.8 Å². The van der Waals surface area contributed by atoms with Gasteiger partial charge in [-0.2, -0.15) is 11.8 Å². The normalized spacial score (nSPS) is 10.8. The maximum Gasteiger partial charge on any atom is 0.0438 e. The minimum atomic E-state index is 0.311. The molecule has 0 saturated heterocycles. The van der Waals surface area contributed by atoms with Crippen LogP contribution in [0.4, 0.5) is 0 Å². The molecule has 0 heterocycles. The van der Waals surface area contributed by atoms with Gasteiger partial charge in [-0.3, -0.25) is 0 Å². The molecule has 0 spiro atoms. The van der Waals surface area contributed by atoms with Crippen LogP contribution in [0.3, 0.4) is 0 Å². The molecule has 92 valence electrons. The summed E-state index contributed by atoms with van der Waals surface area (Å²) in [6.07, 6.45) is 5.42. The van der Waals surface area contributed by atoms with Gasteiger partial charge < -0.3 is 15.5 Å². The first-order chi connectivity index (χ1) is 7.41. The van der Waals surface area contributed by atoms with E-state index in [0.717, 1.165) is 43.9 Å². The van der Waals surface area contributed by atoms with Gasteiger partial charge in [0, 0.05) is 25.5 Å². The summed E-state index contributed by atoms with van der Waals surface area (Å²) < 4.78 is 0. The third-order valence-corrected chi connectivity index (χ3v) is 3.20. The van der Waals surface area contributed by atoms with Crippen LogP contribution in [0.1, 0.15) is 32.1 Å². The first-order valence-electron chi connectivity index (χ1n) is 5.92. The van der Waals surface area contributed by atoms with Crippen LogP contribution < -0.4 is 5.32 Å². The highest BCUT2D eigenvalue weighted by Crippen LogP contribution is 2.00. The van der Waals surface area contributed by atoms with Crippen molar-refractivity contribution in [1.29, 1.82) is 0 Å². The molecule has 0 radical (unpaired) electrons. The molecule has 0 atom stereocenters. The number of nitrogens with one attached hydrogen (secondary N) is 1. The van der Waals surface area contributed by atoms with Gasteiger partial charge in [0.1, 0.15) is 0 Å². The van der Waals surface area contributed by atoms with Crippen molar-refractivity contribution >= 4 is 11.8 Å². The predicted octanol–water partition coefficient (Wildman–Crippen LogP) is 1.24. The fourth-order valence-electron chi connectivity index (χ4n) is 1.25. The molecule has 0 unspecified atom stereocenters. The van der Waals surface area contributed by atoms with E-state index in [1.54, 1.807) is 0 Å². The monoisotopic (exact) mass is 235 g/mol. The van der Waals surface area contributed by atoms with Crippen LogP contribution in [0.2, 0.25) is 0 Å². The quantitative estimate of drug-likeness (QED) is 0.446. The standard InChI is InChI=1S/C11H25NO2S/c13-8-4-2-1-3-6-12-7-11-15-10-5-9-14/h12-14H,1-11H2. The van der Waals surface area contributed by atoms with Gasteiger partial charge in [0.15, 0.2) is 0 Å². The third kappa shape index (κ3) is 14.2. The minimum Gasteiger partial charge on any atom is -0.396 e. The van der Waals surface area contributed by atoms with Crippen LogP contribution in [0, 0.1) is 0 Å². The first-order valence-corrected chi connectivity index (χ1v) is 7.07. The van der Waals surface area contributed by atoms with E-state index < -0.39 is 0 Å². The zero-order valence-corrected chi connectivity index (χ0v) is 10.4. The summed E-state index contributed by atoms with van der Waals surface area (Å²) in [5.41, 5.74) is 0. The molecule has 0 aliphatic heterocycles. The molecule has 0 aromatic heterocycles. The van der Waals surface area contributed by atoms with Crippen molar-refractivity contribution in [1.82, 2.24) is 5.32 Å². The molecule has 0 saturated carbocycles. The predicted molar refractivity (Wildman–Crippen MR) is 67.5 cm³/mol. The zero-order valence-electron chi connectivity index (χ0n) is 9.58. The Kier molecular flexibility index (Phi) is 14.4. The first kappa shape index (κ1) is 15.2. The molecule has 3 nitrogen and oxygen atoms in total. The summed E-state index contributed by atoms with van der Waals surface area (Å²) in [5.74, 6) is 2.20. The number of unbranched alkanes of at least 4 members (excludes halogenated alkanes) is 3. The number of hydrogen-bond donors (Lipinski definition) is 3. The Morgan fingerprint density at radius 3 is 2.20 bits per heavy atom. The molecule has 3 N–H and O–H groups in total. The average molecular weight is 235 g/mol. The average Bonchev–Trinajstić information content (AvgIpc) is 2.26. The van der Waals surface area contributed by atoms with E-state index in [-0.39, 0.29) is 0 Å². The molecule has 0 aromatic carbocycles. The highest BCUT2D eigenvalue weighted by molar-refractivity contribution is 7.99. The van der Waals surface area contributed by atoms with Crippen LogP contribution in [-0.4, -0.2) is 48.0 Å². The molecule has 0 aliphatic carbocycles. The van der Waals surface area contributed by atoms with Gasteiger partial charge in [-0.1, -0.05) is 12.8 Å². The fraction of sp³-hybridized carbons (Fsp3) is 1.00. The maximum atomic E-state index is 8.57. The molecule has 0 rings (SSSR count). The van der Waals surface area contributed by atoms with Crippen LogP contribution in [0.25, 0.3) is 0 Å². The van der Waals surface area contributed by atoms with Crippen molar-refractivity contribution in [2.75, 3.05) is 37.8 Å². The van der Waals surface area contributed by atoms with Gasteiger partial charge in [-0.25, -0.2) is 0 Å². The van der Waals surface area contributed by atoms with Crippen molar-refractivity contribution in [3.05, 3.63) is 0 Å². The molecule has 0 aromatic rings. The van der Waals surface area contributed by atoms with E-state index in [1.165, 1.54) is 12.8 Å². The summed E-state index contributed by atoms with van der Waals surface area (Å²) >= 11 is 1.89. The van der Waals surface area contributed by atoms with Crippen LogP contribution in [0.5, 0.6) is 0 Å². The smallest absolute Gasteiger partial charge is 0.0438 e. The molecule has 0 amide bonds. The van der Waals surface area contributed by atoms with E-state index >= 15 is 0 Å². The third-order valence-electron chi connectivity index (χ3n) is 2.13. The lowest BCUT2D eigenvalue weighted by atomic mass is 10.2. The van der Waals surface area contributed by atoms with Crippen LogP contribution >= 0.6 is 11.8 Å². The molecular formula is C11H25NO2S. The van der Waals surface area contributed by atoms with E-state index in [0.29, 0.717) is 13.2 Å². The van der Waals surface area contributed by atoms with Gasteiger partial charge in [0.2, 0.25) is 0 Å². The second kappa shape index (κ2) is 14.2. The van der Waals surface area contributed by atoms with Crippen molar-refractivity contribution in [3.8, 4) is 0 Å². The van der Waals surface area contributed by atoms with Crippen molar-refractivity contribution in [2.45, 2.75) is 32.1 Å². The molecule has 15 heavy (non-hydrogen) atoms. The van der Waals surface area contributed by atoms with Crippen molar-refractivity contribution < 1.29 is 10.2 Å². The minimum absolute atomic E-state index is 0.311. The van der Waals surface area contributed by atoms with Gasteiger partial charge >= 0.3 is 0 Å². The Morgan fingerprint density at radius 1 is 0.733 bits per heavy atom. The lowest BCUT2D eigenvalue weighted by molar-refractivity contribution is 0.282. The zero-order chi connectivity index (χ0) is 11.2. The number of aliphatic hydroxyl groups excluding tert-OH is 2. The molecular weight excluding hydrogens is 210 g/mol. The van der Waals surface area contributed by atoms with Gasteiger partial charge in [-0.15, -0.1) is 0 Å². The molecule has 4 heteroatoms. The fourth-order valence-corrected chi connectivity index (χ4v) is 2.08. The highest BCUT2D eigenvalue weighted by atomic mass is 32.2. The van der Waals surface area contributed by atoms with Crippen molar-refractivity contribution in [2.24, 2.45) is 0 Å². The number of aliphatic hydroxyl groups is 2. The Morgan fingerprint density at radius 2 is 1.47 bits per heavy atom. The number of rotatable bonds is 12. The van der Waals surface area contributed by atoms with E-state index in [2.05, 4.69) is 5.32 Å².